The topological polar surface area (TPSA) is 40.5 Å². The maximum atomic E-state index is 13.2. The summed E-state index contributed by atoms with van der Waals surface area (Å²) in [5.74, 6) is 0.732. The summed E-state index contributed by atoms with van der Waals surface area (Å²) in [4.78, 5) is 15.2. The van der Waals surface area contributed by atoms with Crippen LogP contribution in [0.1, 0.15) is 60.8 Å². The number of aryl methyl sites for hydroxylation is 2. The minimum atomic E-state index is -0.224. The number of carbonyl (C=O) groups excluding carboxylic acids is 1. The molecule has 2 aromatic carbocycles. The fraction of sp³-hybridized carbons (Fsp3) is 0.480. The van der Waals surface area contributed by atoms with Gasteiger partial charge in [0.15, 0.2) is 0 Å². The molecule has 4 rings (SSSR count). The highest BCUT2D eigenvalue weighted by molar-refractivity contribution is 5.78. The number of benzene rings is 2. The van der Waals surface area contributed by atoms with Crippen molar-refractivity contribution in [2.24, 2.45) is 5.92 Å². The second kappa shape index (κ2) is 8.48. The number of nitrogens with zero attached hydrogens (tertiary/aromatic N) is 1. The predicted octanol–water partition coefficient (Wildman–Crippen LogP) is 4.32. The van der Waals surface area contributed by atoms with Crippen LogP contribution in [-0.2, 0) is 17.6 Å². The van der Waals surface area contributed by atoms with Crippen molar-refractivity contribution in [3.63, 3.8) is 0 Å². The summed E-state index contributed by atoms with van der Waals surface area (Å²) in [7, 11) is 0. The number of likely N-dealkylation sites (tertiary alicyclic amines) is 1. The van der Waals surface area contributed by atoms with E-state index in [1.807, 2.05) is 11.8 Å². The lowest BCUT2D eigenvalue weighted by atomic mass is 9.84. The zero-order valence-corrected chi connectivity index (χ0v) is 16.8. The van der Waals surface area contributed by atoms with E-state index in [0.29, 0.717) is 12.3 Å². The van der Waals surface area contributed by atoms with Gasteiger partial charge in [0.2, 0.25) is 5.91 Å². The smallest absolute Gasteiger partial charge is 0.223 e. The fourth-order valence-electron chi connectivity index (χ4n) is 5.03. The first-order chi connectivity index (χ1) is 13.7. The molecule has 0 bridgehead atoms. The van der Waals surface area contributed by atoms with E-state index in [4.69, 9.17) is 0 Å². The summed E-state index contributed by atoms with van der Waals surface area (Å²) in [5, 5.41) is 10.1. The molecule has 1 saturated heterocycles. The monoisotopic (exact) mass is 377 g/mol. The maximum Gasteiger partial charge on any atom is 0.223 e. The Kier molecular flexibility index (Phi) is 5.82. The van der Waals surface area contributed by atoms with E-state index in [1.165, 1.54) is 22.3 Å². The minimum Gasteiger partial charge on any atom is -0.393 e. The van der Waals surface area contributed by atoms with Crippen LogP contribution in [0.4, 0.5) is 0 Å². The van der Waals surface area contributed by atoms with Crippen LogP contribution in [0.25, 0.3) is 0 Å². The molecule has 3 heteroatoms. The van der Waals surface area contributed by atoms with Gasteiger partial charge < -0.3 is 10.0 Å². The number of fused-ring (bicyclic) bond motifs is 2. The molecule has 2 aromatic rings. The van der Waals surface area contributed by atoms with Gasteiger partial charge in [-0.1, -0.05) is 55.5 Å². The summed E-state index contributed by atoms with van der Waals surface area (Å²) in [6.45, 7) is 3.58. The molecule has 1 aliphatic carbocycles. The molecule has 3 nitrogen and oxygen atoms in total. The van der Waals surface area contributed by atoms with Gasteiger partial charge in [0.1, 0.15) is 0 Å². The lowest BCUT2D eigenvalue weighted by Crippen LogP contribution is -2.41. The third kappa shape index (κ3) is 3.86. The number of aliphatic hydroxyl groups excluding tert-OH is 1. The summed E-state index contributed by atoms with van der Waals surface area (Å²) in [6, 6.07) is 17.3. The first kappa shape index (κ1) is 19.2. The van der Waals surface area contributed by atoms with Gasteiger partial charge >= 0.3 is 0 Å². The van der Waals surface area contributed by atoms with E-state index >= 15 is 0 Å². The highest BCUT2D eigenvalue weighted by Gasteiger charge is 2.30. The molecule has 1 aliphatic heterocycles. The van der Waals surface area contributed by atoms with E-state index in [-0.39, 0.29) is 17.9 Å². The molecule has 0 radical (unpaired) electrons. The highest BCUT2D eigenvalue weighted by atomic mass is 16.3. The molecule has 2 aliphatic rings. The normalized spacial score (nSPS) is 18.9. The minimum absolute atomic E-state index is 0.140. The summed E-state index contributed by atoms with van der Waals surface area (Å²) >= 11 is 0. The van der Waals surface area contributed by atoms with Gasteiger partial charge in [-0.05, 0) is 60.3 Å². The van der Waals surface area contributed by atoms with Crippen LogP contribution < -0.4 is 0 Å². The fourth-order valence-corrected chi connectivity index (χ4v) is 5.03. The van der Waals surface area contributed by atoms with Crippen molar-refractivity contribution < 1.29 is 9.90 Å². The van der Waals surface area contributed by atoms with Crippen molar-refractivity contribution in [3.05, 3.63) is 70.8 Å². The molecule has 148 valence electrons. The Morgan fingerprint density at radius 3 is 2.07 bits per heavy atom. The van der Waals surface area contributed by atoms with Crippen molar-refractivity contribution in [3.8, 4) is 0 Å². The van der Waals surface area contributed by atoms with Crippen molar-refractivity contribution in [1.29, 1.82) is 0 Å². The Morgan fingerprint density at radius 1 is 1.00 bits per heavy atom. The molecular formula is C25H31NO2. The van der Waals surface area contributed by atoms with Gasteiger partial charge in [0.25, 0.3) is 0 Å². The number of carbonyl (C=O) groups is 1. The van der Waals surface area contributed by atoms with Gasteiger partial charge in [-0.3, -0.25) is 4.79 Å². The summed E-state index contributed by atoms with van der Waals surface area (Å²) in [6.07, 6.45) is 5.02. The molecule has 0 unspecified atom stereocenters. The lowest BCUT2D eigenvalue weighted by molar-refractivity contribution is -0.133. The van der Waals surface area contributed by atoms with E-state index < -0.39 is 0 Å². The first-order valence-electron chi connectivity index (χ1n) is 10.8. The van der Waals surface area contributed by atoms with E-state index in [9.17, 15) is 9.90 Å². The van der Waals surface area contributed by atoms with Crippen LogP contribution >= 0.6 is 0 Å². The van der Waals surface area contributed by atoms with Gasteiger partial charge in [-0.15, -0.1) is 0 Å². The van der Waals surface area contributed by atoms with E-state index in [1.54, 1.807) is 0 Å². The molecule has 1 amide bonds. The number of aliphatic hydroxyl groups is 1. The van der Waals surface area contributed by atoms with Crippen molar-refractivity contribution in [1.82, 2.24) is 4.90 Å². The quantitative estimate of drug-likeness (QED) is 0.862. The zero-order valence-electron chi connectivity index (χ0n) is 16.8. The molecule has 0 saturated carbocycles. The maximum absolute atomic E-state index is 13.2. The van der Waals surface area contributed by atoms with Gasteiger partial charge in [-0.2, -0.15) is 0 Å². The standard InChI is InChI=1S/C25H31NO2/c1-2-24(27)20-13-15-26(16-14-20)25(28)17-23-21-9-5-3-7-18(21)11-12-19-8-4-6-10-22(19)23/h3-10,20,23-24,27H,2,11-17H2,1H3/t24-/m0/s1. The number of hydrogen-bond donors (Lipinski definition) is 1. The Hall–Kier alpha value is -2.13. The molecule has 28 heavy (non-hydrogen) atoms. The predicted molar refractivity (Wildman–Crippen MR) is 112 cm³/mol. The van der Waals surface area contributed by atoms with E-state index in [0.717, 1.165) is 45.2 Å². The third-order valence-corrected chi connectivity index (χ3v) is 6.76. The van der Waals surface area contributed by atoms with Crippen LogP contribution in [0.15, 0.2) is 48.5 Å². The average Bonchev–Trinajstić information content (AvgIpc) is 2.91. The number of amides is 1. The summed E-state index contributed by atoms with van der Waals surface area (Å²) in [5.41, 5.74) is 5.39. The number of hydrogen-bond acceptors (Lipinski definition) is 2. The third-order valence-electron chi connectivity index (χ3n) is 6.76. The molecule has 1 atom stereocenters. The van der Waals surface area contributed by atoms with Crippen LogP contribution in [0.2, 0.25) is 0 Å². The number of piperidine rings is 1. The molecule has 1 N–H and O–H groups in total. The summed E-state index contributed by atoms with van der Waals surface area (Å²) < 4.78 is 0. The van der Waals surface area contributed by atoms with E-state index in [2.05, 4.69) is 48.5 Å². The molecule has 0 spiro atoms. The van der Waals surface area contributed by atoms with Crippen molar-refractivity contribution in [2.45, 2.75) is 57.5 Å². The van der Waals surface area contributed by atoms with Crippen molar-refractivity contribution in [2.75, 3.05) is 13.1 Å². The first-order valence-corrected chi connectivity index (χ1v) is 10.8. The van der Waals surface area contributed by atoms with Crippen LogP contribution in [0.3, 0.4) is 0 Å². The number of rotatable bonds is 4. The Labute approximate surface area is 168 Å². The van der Waals surface area contributed by atoms with Gasteiger partial charge in [0.05, 0.1) is 6.10 Å². The molecular weight excluding hydrogens is 346 g/mol. The van der Waals surface area contributed by atoms with Crippen LogP contribution in [0, 0.1) is 5.92 Å². The van der Waals surface area contributed by atoms with Crippen LogP contribution in [-0.4, -0.2) is 35.1 Å². The SMILES string of the molecule is CC[C@H](O)C1CCN(C(=O)CC2c3ccccc3CCc3ccccc32)CC1. The second-order valence-corrected chi connectivity index (χ2v) is 8.35. The van der Waals surface area contributed by atoms with Gasteiger partial charge in [0, 0.05) is 25.4 Å². The molecule has 1 heterocycles. The Morgan fingerprint density at radius 2 is 1.54 bits per heavy atom. The molecule has 0 aromatic heterocycles. The Bertz CT molecular complexity index is 775. The van der Waals surface area contributed by atoms with Gasteiger partial charge in [-0.25, -0.2) is 0 Å². The molecule has 1 fully saturated rings. The van der Waals surface area contributed by atoms with Crippen molar-refractivity contribution >= 4 is 5.91 Å². The lowest BCUT2D eigenvalue weighted by Gasteiger charge is -2.35. The average molecular weight is 378 g/mol. The Balaban J connectivity index is 1.54. The second-order valence-electron chi connectivity index (χ2n) is 8.35. The highest BCUT2D eigenvalue weighted by Crippen LogP contribution is 2.37. The largest absolute Gasteiger partial charge is 0.393 e. The zero-order chi connectivity index (χ0) is 19.5. The van der Waals surface area contributed by atoms with Crippen LogP contribution in [0.5, 0.6) is 0 Å².